The highest BCUT2D eigenvalue weighted by Gasteiger charge is 2.19. The number of carboxylic acids is 1. The normalized spacial score (nSPS) is 11.3. The number of ether oxygens (including phenoxy) is 1. The molecule has 11 heteroatoms. The van der Waals surface area contributed by atoms with Gasteiger partial charge in [0.25, 0.3) is 5.56 Å². The molecule has 0 aliphatic rings. The summed E-state index contributed by atoms with van der Waals surface area (Å²) in [6, 6.07) is 12.8. The van der Waals surface area contributed by atoms with Gasteiger partial charge in [0.2, 0.25) is 0 Å². The Morgan fingerprint density at radius 3 is 2.75 bits per heavy atom. The maximum Gasteiger partial charge on any atom is 0.338 e. The number of aromatic carboxylic acids is 1. The van der Waals surface area contributed by atoms with Crippen molar-refractivity contribution in [3.63, 3.8) is 0 Å². The van der Waals surface area contributed by atoms with Crippen molar-refractivity contribution in [1.82, 2.24) is 19.4 Å². The maximum atomic E-state index is 13.6. The fourth-order valence-corrected chi connectivity index (χ4v) is 5.91. The molecule has 202 valence electrons. The number of thiophene rings is 1. The Hall–Kier alpha value is -4.30. The van der Waals surface area contributed by atoms with Crippen LogP contribution in [0, 0.1) is 18.3 Å². The number of carboxylic acid groups (broad SMARTS) is 1. The highest BCUT2D eigenvalue weighted by atomic mass is 35.5. The van der Waals surface area contributed by atoms with Gasteiger partial charge in [0.15, 0.2) is 0 Å². The number of aromatic nitrogens is 3. The van der Waals surface area contributed by atoms with Gasteiger partial charge >= 0.3 is 5.97 Å². The third-order valence-corrected chi connectivity index (χ3v) is 7.73. The van der Waals surface area contributed by atoms with E-state index in [1.807, 2.05) is 25.1 Å². The van der Waals surface area contributed by atoms with Gasteiger partial charge in [-0.3, -0.25) is 14.3 Å². The molecule has 0 aliphatic carbocycles. The van der Waals surface area contributed by atoms with Crippen LogP contribution in [0.15, 0.2) is 52.8 Å². The number of pyridine rings is 1. The average molecular weight is 574 g/mol. The highest BCUT2D eigenvalue weighted by molar-refractivity contribution is 7.18. The zero-order valence-electron chi connectivity index (χ0n) is 21.9. The molecular formula is C29H24ClN5O4S. The number of carbonyl (C=O) groups is 1. The zero-order valence-corrected chi connectivity index (χ0v) is 23.5. The molecule has 5 aromatic rings. The van der Waals surface area contributed by atoms with Gasteiger partial charge < -0.3 is 14.7 Å². The first-order chi connectivity index (χ1) is 19.2. The lowest BCUT2D eigenvalue weighted by molar-refractivity contribution is 0.0699. The number of rotatable bonds is 8. The molecule has 0 radical (unpaired) electrons. The first kappa shape index (κ1) is 27.3. The molecule has 5 rings (SSSR count). The van der Waals surface area contributed by atoms with E-state index < -0.39 is 5.97 Å². The molecule has 40 heavy (non-hydrogen) atoms. The van der Waals surface area contributed by atoms with Gasteiger partial charge in [-0.25, -0.2) is 9.78 Å². The molecule has 0 saturated heterocycles. The number of halogens is 1. The van der Waals surface area contributed by atoms with Crippen LogP contribution in [0.5, 0.6) is 5.75 Å². The molecule has 3 heterocycles. The van der Waals surface area contributed by atoms with Crippen LogP contribution < -0.4 is 10.3 Å². The average Bonchev–Trinajstić information content (AvgIpc) is 3.36. The Labute approximate surface area is 238 Å². The second-order valence-corrected chi connectivity index (χ2v) is 10.8. The quantitative estimate of drug-likeness (QED) is 0.264. The van der Waals surface area contributed by atoms with E-state index in [-0.39, 0.29) is 24.3 Å². The highest BCUT2D eigenvalue weighted by Crippen LogP contribution is 2.39. The number of fused-ring (bicyclic) bond motifs is 2. The van der Waals surface area contributed by atoms with E-state index in [1.165, 1.54) is 15.9 Å². The van der Waals surface area contributed by atoms with Gasteiger partial charge in [-0.15, -0.1) is 11.3 Å². The number of benzene rings is 2. The molecule has 0 atom stereocenters. The van der Waals surface area contributed by atoms with Crippen LogP contribution in [-0.2, 0) is 13.1 Å². The minimum Gasteiger partial charge on any atom is -0.491 e. The molecule has 0 spiro atoms. The Bertz CT molecular complexity index is 1890. The second kappa shape index (κ2) is 11.1. The van der Waals surface area contributed by atoms with Crippen molar-refractivity contribution in [3.8, 4) is 22.9 Å². The number of hydrogen-bond donors (Lipinski definition) is 1. The molecule has 9 nitrogen and oxygen atoms in total. The number of nitrogens with zero attached hydrogens (tertiary/aromatic N) is 5. The largest absolute Gasteiger partial charge is 0.491 e. The van der Waals surface area contributed by atoms with Crippen molar-refractivity contribution >= 4 is 50.0 Å². The predicted octanol–water partition coefficient (Wildman–Crippen LogP) is 5.35. The lowest BCUT2D eigenvalue weighted by Gasteiger charge is -2.16. The van der Waals surface area contributed by atoms with Crippen LogP contribution in [0.1, 0.15) is 27.3 Å². The molecule has 0 fully saturated rings. The van der Waals surface area contributed by atoms with E-state index in [9.17, 15) is 20.0 Å². The Kier molecular flexibility index (Phi) is 7.54. The third kappa shape index (κ3) is 5.02. The van der Waals surface area contributed by atoms with E-state index in [4.69, 9.17) is 16.3 Å². The van der Waals surface area contributed by atoms with Crippen LogP contribution in [0.25, 0.3) is 32.2 Å². The summed E-state index contributed by atoms with van der Waals surface area (Å²) >= 11 is 7.62. The van der Waals surface area contributed by atoms with Crippen molar-refractivity contribution in [2.75, 3.05) is 20.7 Å². The monoisotopic (exact) mass is 573 g/mol. The summed E-state index contributed by atoms with van der Waals surface area (Å²) in [6.07, 6.45) is 1.56. The van der Waals surface area contributed by atoms with Crippen LogP contribution >= 0.6 is 22.9 Å². The standard InChI is InChI=1S/C29H24ClN5O4S/c1-16-33-23-6-4-17(14-34(2)3)21(13-31)25(23)28(36)35(16)10-11-39-24-7-5-18(30)12-20(24)19-8-9-32-26-22(29(37)38)15-40-27(19)26/h4-9,12,15H,10-11,14H2,1-3H3,(H,37,38). The fraction of sp³-hybridized carbons (Fsp3) is 0.207. The van der Waals surface area contributed by atoms with Crippen LogP contribution in [-0.4, -0.2) is 51.2 Å². The summed E-state index contributed by atoms with van der Waals surface area (Å²) < 4.78 is 8.38. The van der Waals surface area contributed by atoms with Crippen molar-refractivity contribution < 1.29 is 14.6 Å². The Morgan fingerprint density at radius 2 is 2.02 bits per heavy atom. The lowest BCUT2D eigenvalue weighted by atomic mass is 10.0. The van der Waals surface area contributed by atoms with Gasteiger partial charge in [0.1, 0.15) is 24.3 Å². The first-order valence-electron chi connectivity index (χ1n) is 12.3. The summed E-state index contributed by atoms with van der Waals surface area (Å²) in [5.41, 5.74) is 3.23. The Balaban J connectivity index is 1.49. The predicted molar refractivity (Wildman–Crippen MR) is 155 cm³/mol. The molecule has 3 aromatic heterocycles. The summed E-state index contributed by atoms with van der Waals surface area (Å²) in [7, 11) is 3.81. The van der Waals surface area contributed by atoms with E-state index in [0.717, 1.165) is 11.1 Å². The van der Waals surface area contributed by atoms with Gasteiger partial charge in [0.05, 0.1) is 38.8 Å². The van der Waals surface area contributed by atoms with E-state index in [1.54, 1.807) is 48.8 Å². The van der Waals surface area contributed by atoms with Crippen LogP contribution in [0.3, 0.4) is 0 Å². The van der Waals surface area contributed by atoms with Gasteiger partial charge in [-0.1, -0.05) is 17.7 Å². The van der Waals surface area contributed by atoms with Gasteiger partial charge in [-0.05, 0) is 56.9 Å². The Morgan fingerprint density at radius 1 is 1.23 bits per heavy atom. The van der Waals surface area contributed by atoms with E-state index in [0.29, 0.717) is 55.4 Å². The first-order valence-corrected chi connectivity index (χ1v) is 13.6. The minimum atomic E-state index is -1.04. The topological polar surface area (TPSA) is 121 Å². The van der Waals surface area contributed by atoms with Crippen molar-refractivity contribution in [1.29, 1.82) is 5.26 Å². The molecule has 0 unspecified atom stereocenters. The summed E-state index contributed by atoms with van der Waals surface area (Å²) in [4.78, 5) is 36.0. The summed E-state index contributed by atoms with van der Waals surface area (Å²) in [5, 5.41) is 21.8. The van der Waals surface area contributed by atoms with Crippen molar-refractivity contribution in [2.45, 2.75) is 20.0 Å². The number of nitriles is 1. The molecule has 2 aromatic carbocycles. The summed E-state index contributed by atoms with van der Waals surface area (Å²) in [5.74, 6) is -0.0124. The maximum absolute atomic E-state index is 13.6. The lowest BCUT2D eigenvalue weighted by Crippen LogP contribution is -2.27. The third-order valence-electron chi connectivity index (χ3n) is 6.49. The fourth-order valence-electron chi connectivity index (χ4n) is 4.71. The number of aryl methyl sites for hydroxylation is 1. The molecule has 1 N–H and O–H groups in total. The SMILES string of the molecule is Cc1nc2ccc(CN(C)C)c(C#N)c2c(=O)n1CCOc1ccc(Cl)cc1-c1ccnc2c(C(=O)O)csc12. The zero-order chi connectivity index (χ0) is 28.6. The molecule has 0 aliphatic heterocycles. The van der Waals surface area contributed by atoms with Crippen LogP contribution in [0.4, 0.5) is 0 Å². The molecule has 0 amide bonds. The van der Waals surface area contributed by atoms with Crippen LogP contribution in [0.2, 0.25) is 5.02 Å². The molecule has 0 saturated carbocycles. The minimum absolute atomic E-state index is 0.135. The van der Waals surface area contributed by atoms with Crippen molar-refractivity contribution in [3.05, 3.63) is 85.9 Å². The van der Waals surface area contributed by atoms with Gasteiger partial charge in [-0.2, -0.15) is 5.26 Å². The van der Waals surface area contributed by atoms with Crippen molar-refractivity contribution in [2.24, 2.45) is 0 Å². The van der Waals surface area contributed by atoms with E-state index >= 15 is 0 Å². The number of hydrogen-bond acceptors (Lipinski definition) is 8. The van der Waals surface area contributed by atoms with Gasteiger partial charge in [0, 0.05) is 34.3 Å². The molecular weight excluding hydrogens is 550 g/mol. The van der Waals surface area contributed by atoms with E-state index in [2.05, 4.69) is 16.0 Å². The second-order valence-electron chi connectivity index (χ2n) is 9.44. The smallest absolute Gasteiger partial charge is 0.338 e. The summed E-state index contributed by atoms with van der Waals surface area (Å²) in [6.45, 7) is 2.61. The molecule has 0 bridgehead atoms.